The van der Waals surface area contributed by atoms with Gasteiger partial charge < -0.3 is 54.3 Å². The smallest absolute Gasteiger partial charge is 0.323 e. The summed E-state index contributed by atoms with van der Waals surface area (Å²) >= 11 is 0. The van der Waals surface area contributed by atoms with E-state index in [1.807, 2.05) is 0 Å². The molecule has 18 nitrogen and oxygen atoms in total. The van der Waals surface area contributed by atoms with Crippen molar-refractivity contribution in [2.45, 2.75) is 44.5 Å². The minimum atomic E-state index is -1.68. The molecule has 5 N–H and O–H groups in total. The highest BCUT2D eigenvalue weighted by atomic mass is 16.7. The van der Waals surface area contributed by atoms with E-state index in [0.717, 1.165) is 21.4 Å². The van der Waals surface area contributed by atoms with E-state index < -0.39 is 79.0 Å². The lowest BCUT2D eigenvalue weighted by Gasteiger charge is -2.30. The second-order valence-electron chi connectivity index (χ2n) is 12.1. The highest BCUT2D eigenvalue weighted by molar-refractivity contribution is 5.82. The lowest BCUT2D eigenvalue weighted by Crippen LogP contribution is -2.37. The number of rotatable bonds is 17. The average Bonchev–Trinajstić information content (AvgIpc) is 3.72. The summed E-state index contributed by atoms with van der Waals surface area (Å²) < 4.78 is 23.6. The molecule has 3 aromatic rings. The van der Waals surface area contributed by atoms with Crippen LogP contribution in [0.4, 0.5) is 17.1 Å². The molecule has 0 aromatic heterocycles. The first-order valence-corrected chi connectivity index (χ1v) is 15.9. The predicted octanol–water partition coefficient (Wildman–Crippen LogP) is 3.04. The van der Waals surface area contributed by atoms with Crippen molar-refractivity contribution >= 4 is 40.9 Å². The van der Waals surface area contributed by atoms with Gasteiger partial charge in [0.2, 0.25) is 6.79 Å². The van der Waals surface area contributed by atoms with Gasteiger partial charge in [-0.3, -0.25) is 29.3 Å². The van der Waals surface area contributed by atoms with Crippen molar-refractivity contribution < 1.29 is 68.6 Å². The van der Waals surface area contributed by atoms with Crippen molar-refractivity contribution in [2.24, 2.45) is 0 Å². The van der Waals surface area contributed by atoms with Crippen LogP contribution in [-0.2, 0) is 19.2 Å². The molecule has 1 fully saturated rings. The van der Waals surface area contributed by atoms with E-state index in [2.05, 4.69) is 0 Å². The molecule has 52 heavy (non-hydrogen) atoms. The maximum absolute atomic E-state index is 12.0. The Morgan fingerprint density at radius 1 is 0.808 bits per heavy atom. The molecule has 2 aliphatic rings. The molecule has 3 aromatic carbocycles. The predicted molar refractivity (Wildman–Crippen MR) is 179 cm³/mol. The van der Waals surface area contributed by atoms with E-state index in [9.17, 15) is 54.8 Å². The Kier molecular flexibility index (Phi) is 11.2. The van der Waals surface area contributed by atoms with Gasteiger partial charge in [-0.15, -0.1) is 0 Å². The third-order valence-electron chi connectivity index (χ3n) is 8.37. The molecule has 1 unspecified atom stereocenters. The lowest BCUT2D eigenvalue weighted by molar-refractivity contribution is -0.386. The zero-order valence-corrected chi connectivity index (χ0v) is 27.7. The fourth-order valence-corrected chi connectivity index (χ4v) is 6.20. The van der Waals surface area contributed by atoms with Crippen LogP contribution in [0.1, 0.15) is 42.1 Å². The Labute approximate surface area is 295 Å². The van der Waals surface area contributed by atoms with Gasteiger partial charge in [-0.05, 0) is 67.6 Å². The number of aliphatic hydroxyl groups excluding tert-OH is 1. The van der Waals surface area contributed by atoms with Gasteiger partial charge in [0.1, 0.15) is 61.6 Å². The number of hydrogen-bond donors (Lipinski definition) is 5. The minimum Gasteiger partial charge on any atom is -0.484 e. The Hall–Kier alpha value is -6.30. The number of carboxylic acid groups (broad SMARTS) is 4. The lowest BCUT2D eigenvalue weighted by atomic mass is 9.97. The number of aliphatic carboxylic acids is 4. The SMILES string of the molecule is Cc1ccc(N(CC(=O)O)CC(=O)O)c(O[C@H]2CCC[C@H]2Oc2cc(C(O)c3c([N+](=O)[O-])ccc4c3OCO4)ccc2N(CC(=O)O)CC(=O)O)c1. The number of nitro groups is 1. The number of aryl methyl sites for hydroxylation is 1. The third-order valence-corrected chi connectivity index (χ3v) is 8.37. The van der Waals surface area contributed by atoms with E-state index >= 15 is 0 Å². The van der Waals surface area contributed by atoms with Crippen molar-refractivity contribution in [3.8, 4) is 23.0 Å². The third kappa shape index (κ3) is 8.52. The molecule has 1 saturated carbocycles. The first-order chi connectivity index (χ1) is 24.7. The molecule has 0 amide bonds. The Morgan fingerprint density at radius 2 is 1.33 bits per heavy atom. The summed E-state index contributed by atoms with van der Waals surface area (Å²) in [5.41, 5.74) is 0.379. The molecule has 3 atom stereocenters. The van der Waals surface area contributed by atoms with Gasteiger partial charge in [0.05, 0.1) is 16.3 Å². The molecule has 0 spiro atoms. The number of aliphatic hydroxyl groups is 1. The second-order valence-corrected chi connectivity index (χ2v) is 12.1. The monoisotopic (exact) mass is 725 g/mol. The van der Waals surface area contributed by atoms with Gasteiger partial charge >= 0.3 is 23.9 Å². The molecule has 276 valence electrons. The molecule has 0 saturated heterocycles. The summed E-state index contributed by atoms with van der Waals surface area (Å²) in [5.74, 6) is -4.94. The van der Waals surface area contributed by atoms with Crippen LogP contribution in [0.2, 0.25) is 0 Å². The number of hydrogen-bond acceptors (Lipinski definition) is 13. The van der Waals surface area contributed by atoms with Gasteiger partial charge in [-0.25, -0.2) is 0 Å². The average molecular weight is 726 g/mol. The van der Waals surface area contributed by atoms with Gasteiger partial charge in [0.15, 0.2) is 11.5 Å². The van der Waals surface area contributed by atoms with Gasteiger partial charge in [0.25, 0.3) is 5.69 Å². The number of carboxylic acids is 4. The van der Waals surface area contributed by atoms with E-state index in [1.54, 1.807) is 25.1 Å². The fourth-order valence-electron chi connectivity index (χ4n) is 6.20. The largest absolute Gasteiger partial charge is 0.484 e. The number of nitro benzene ring substituents is 1. The number of fused-ring (bicyclic) bond motifs is 1. The van der Waals surface area contributed by atoms with Crippen molar-refractivity contribution in [2.75, 3.05) is 42.8 Å². The van der Waals surface area contributed by atoms with E-state index in [4.69, 9.17) is 18.9 Å². The number of benzene rings is 3. The second kappa shape index (κ2) is 15.7. The standard InChI is InChI=1S/C34H35N3O15/c1-18-5-7-20(35(13-28(38)39)14-29(40)41)26(11-18)51-23-3-2-4-24(23)52-27-12-19(6-8-21(27)36(15-30(42)43)16-31(44)45)33(46)32-22(37(47)48)9-10-25-34(32)50-17-49-25/h5-12,23-24,33,46H,2-4,13-17H2,1H3,(H,38,39)(H,40,41)(H,42,43)(H,44,45)/t23-,24+,33?/m0/s1. The van der Waals surface area contributed by atoms with Crippen LogP contribution >= 0.6 is 0 Å². The fraction of sp³-hybridized carbons (Fsp3) is 0.353. The van der Waals surface area contributed by atoms with Crippen molar-refractivity contribution in [1.29, 1.82) is 0 Å². The van der Waals surface area contributed by atoms with Crippen molar-refractivity contribution in [3.63, 3.8) is 0 Å². The molecular weight excluding hydrogens is 690 g/mol. The molecule has 18 heteroatoms. The highest BCUT2D eigenvalue weighted by Crippen LogP contribution is 2.47. The Balaban J connectivity index is 1.54. The normalized spacial score (nSPS) is 16.5. The van der Waals surface area contributed by atoms with E-state index in [0.29, 0.717) is 19.3 Å². The summed E-state index contributed by atoms with van der Waals surface area (Å²) in [6, 6.07) is 11.4. The zero-order valence-electron chi connectivity index (χ0n) is 27.7. The van der Waals surface area contributed by atoms with Gasteiger partial charge in [-0.2, -0.15) is 0 Å². The quantitative estimate of drug-likeness (QED) is 0.0989. The van der Waals surface area contributed by atoms with E-state index in [1.165, 1.54) is 24.3 Å². The molecule has 1 aliphatic carbocycles. The van der Waals surface area contributed by atoms with Gasteiger partial charge in [-0.1, -0.05) is 12.1 Å². The summed E-state index contributed by atoms with van der Waals surface area (Å²) in [6.07, 6.45) is -1.75. The number of ether oxygens (including phenoxy) is 4. The molecule has 1 heterocycles. The van der Waals surface area contributed by atoms with Crippen molar-refractivity contribution in [3.05, 3.63) is 75.3 Å². The van der Waals surface area contributed by atoms with Gasteiger partial charge in [0, 0.05) is 6.07 Å². The van der Waals surface area contributed by atoms with Crippen LogP contribution in [0.5, 0.6) is 23.0 Å². The molecular formula is C34H35N3O15. The van der Waals surface area contributed by atoms with Crippen LogP contribution in [0.15, 0.2) is 48.5 Å². The van der Waals surface area contributed by atoms with Crippen LogP contribution in [0.3, 0.4) is 0 Å². The summed E-state index contributed by atoms with van der Waals surface area (Å²) in [7, 11) is 0. The molecule has 1 aliphatic heterocycles. The number of carbonyl (C=O) groups is 4. The topological polar surface area (TPSA) is 256 Å². The van der Waals surface area contributed by atoms with Crippen molar-refractivity contribution in [1.82, 2.24) is 0 Å². The van der Waals surface area contributed by atoms with E-state index in [-0.39, 0.29) is 52.3 Å². The molecule has 0 radical (unpaired) electrons. The summed E-state index contributed by atoms with van der Waals surface area (Å²) in [6.45, 7) is -1.21. The first kappa shape index (κ1) is 37.0. The molecule has 5 rings (SSSR count). The number of nitrogens with zero attached hydrogens (tertiary/aromatic N) is 3. The summed E-state index contributed by atoms with van der Waals surface area (Å²) in [5, 5.41) is 61.6. The molecule has 0 bridgehead atoms. The number of anilines is 2. The maximum atomic E-state index is 12.0. The zero-order chi connectivity index (χ0) is 37.7. The Bertz CT molecular complexity index is 1850. The maximum Gasteiger partial charge on any atom is 0.323 e. The Morgan fingerprint density at radius 3 is 1.85 bits per heavy atom. The minimum absolute atomic E-state index is 0.0316. The summed E-state index contributed by atoms with van der Waals surface area (Å²) in [4.78, 5) is 60.2. The highest BCUT2D eigenvalue weighted by Gasteiger charge is 2.36. The van der Waals surface area contributed by atoms with Crippen LogP contribution in [0.25, 0.3) is 0 Å². The first-order valence-electron chi connectivity index (χ1n) is 15.9. The van der Waals surface area contributed by atoms with Crippen LogP contribution in [-0.4, -0.2) is 99.5 Å². The van der Waals surface area contributed by atoms with Crippen LogP contribution in [0, 0.1) is 17.0 Å². The van der Waals surface area contributed by atoms with Crippen LogP contribution < -0.4 is 28.7 Å².